The quantitative estimate of drug-likeness (QED) is 0.764. The van der Waals surface area contributed by atoms with E-state index in [0.29, 0.717) is 5.02 Å². The maximum atomic E-state index is 10.1. The van der Waals surface area contributed by atoms with Crippen LogP contribution < -0.4 is 0 Å². The van der Waals surface area contributed by atoms with Crippen molar-refractivity contribution in [1.82, 2.24) is 4.90 Å². The van der Waals surface area contributed by atoms with Gasteiger partial charge in [0.15, 0.2) is 0 Å². The van der Waals surface area contributed by atoms with Gasteiger partial charge in [0.2, 0.25) is 0 Å². The molecule has 2 aromatic rings. The van der Waals surface area contributed by atoms with Gasteiger partial charge in [0.05, 0.1) is 5.02 Å². The third kappa shape index (κ3) is 1.95. The maximum absolute atomic E-state index is 10.1. The summed E-state index contributed by atoms with van der Waals surface area (Å²) >= 11 is 6.09. The van der Waals surface area contributed by atoms with Gasteiger partial charge in [-0.15, -0.1) is 0 Å². The Kier molecular flexibility index (Phi) is 3.02. The molecule has 2 nitrogen and oxygen atoms in total. The van der Waals surface area contributed by atoms with Gasteiger partial charge in [-0.2, -0.15) is 0 Å². The molecule has 0 saturated carbocycles. The molecule has 1 aliphatic heterocycles. The van der Waals surface area contributed by atoms with Crippen LogP contribution in [0.5, 0.6) is 5.75 Å². The second-order valence-corrected chi connectivity index (χ2v) is 6.20. The second kappa shape index (κ2) is 4.92. The van der Waals surface area contributed by atoms with E-state index in [1.807, 2.05) is 12.1 Å². The summed E-state index contributed by atoms with van der Waals surface area (Å²) in [6.07, 6.45) is 6.16. The summed E-state index contributed by atoms with van der Waals surface area (Å²) in [7, 11) is 2.08. The fraction of sp³-hybridized carbons (Fsp3) is 0.158. The summed E-state index contributed by atoms with van der Waals surface area (Å²) in [5.41, 5.74) is 7.19. The molecule has 110 valence electrons. The highest BCUT2D eigenvalue weighted by atomic mass is 35.5. The molecule has 1 aliphatic carbocycles. The first kappa shape index (κ1) is 13.5. The zero-order valence-corrected chi connectivity index (χ0v) is 13.1. The van der Waals surface area contributed by atoms with Crippen LogP contribution in [0.4, 0.5) is 0 Å². The molecule has 0 radical (unpaired) electrons. The van der Waals surface area contributed by atoms with Crippen molar-refractivity contribution >= 4 is 23.3 Å². The van der Waals surface area contributed by atoms with Gasteiger partial charge in [0.25, 0.3) is 0 Å². The number of phenols is 1. The number of allylic oxidation sites excluding steroid dienone is 1. The zero-order chi connectivity index (χ0) is 15.3. The molecule has 1 N–H and O–H groups in total. The predicted octanol–water partition coefficient (Wildman–Crippen LogP) is 4.67. The number of aromatic hydroxyl groups is 1. The minimum Gasteiger partial charge on any atom is -0.506 e. The Bertz CT molecular complexity index is 835. The van der Waals surface area contributed by atoms with Gasteiger partial charge < -0.3 is 10.0 Å². The fourth-order valence-corrected chi connectivity index (χ4v) is 3.57. The molecule has 0 unspecified atom stereocenters. The Morgan fingerprint density at radius 1 is 1.09 bits per heavy atom. The van der Waals surface area contributed by atoms with Crippen LogP contribution in [0.3, 0.4) is 0 Å². The molecule has 0 amide bonds. The number of aryl methyl sites for hydroxylation is 1. The van der Waals surface area contributed by atoms with E-state index in [0.717, 1.165) is 18.4 Å². The lowest BCUT2D eigenvalue weighted by molar-refractivity contribution is 0.474. The standard InChI is InChI=1S/C19H16ClNO/c1-21-9-8-12-4-2-3-5-14(12)19-15-11-18(22)16(20)10-13(15)6-7-17(19)21/h2-5,8-11,22H,6-7H2,1H3. The van der Waals surface area contributed by atoms with Crippen molar-refractivity contribution in [2.75, 3.05) is 7.05 Å². The lowest BCUT2D eigenvalue weighted by atomic mass is 9.83. The van der Waals surface area contributed by atoms with Gasteiger partial charge in [0, 0.05) is 24.5 Å². The van der Waals surface area contributed by atoms with E-state index in [2.05, 4.69) is 48.5 Å². The Morgan fingerprint density at radius 2 is 1.91 bits per heavy atom. The minimum atomic E-state index is 0.145. The summed E-state index contributed by atoms with van der Waals surface area (Å²) in [6.45, 7) is 0. The highest BCUT2D eigenvalue weighted by molar-refractivity contribution is 6.32. The summed E-state index contributed by atoms with van der Waals surface area (Å²) in [4.78, 5) is 2.18. The van der Waals surface area contributed by atoms with Crippen LogP contribution in [0.1, 0.15) is 28.7 Å². The van der Waals surface area contributed by atoms with Gasteiger partial charge in [-0.25, -0.2) is 0 Å². The molecule has 3 heteroatoms. The molecule has 2 aromatic carbocycles. The van der Waals surface area contributed by atoms with Crippen LogP contribution in [0.15, 0.2) is 48.3 Å². The summed E-state index contributed by atoms with van der Waals surface area (Å²) in [5, 5.41) is 10.5. The van der Waals surface area contributed by atoms with Crippen molar-refractivity contribution in [2.45, 2.75) is 12.8 Å². The minimum absolute atomic E-state index is 0.145. The number of fused-ring (bicyclic) bond motifs is 4. The van der Waals surface area contributed by atoms with Gasteiger partial charge in [-0.1, -0.05) is 35.9 Å². The van der Waals surface area contributed by atoms with Crippen molar-refractivity contribution in [3.05, 3.63) is 75.6 Å². The van der Waals surface area contributed by atoms with Crippen LogP contribution in [0, 0.1) is 0 Å². The average Bonchev–Trinajstić information content (AvgIpc) is 2.67. The van der Waals surface area contributed by atoms with Crippen LogP contribution in [-0.2, 0) is 6.42 Å². The number of rotatable bonds is 0. The number of benzene rings is 2. The molecule has 0 saturated heterocycles. The molecule has 0 bridgehead atoms. The molecule has 2 aliphatic rings. The van der Waals surface area contributed by atoms with E-state index in [-0.39, 0.29) is 5.75 Å². The van der Waals surface area contributed by atoms with E-state index in [1.54, 1.807) is 0 Å². The van der Waals surface area contributed by atoms with Crippen LogP contribution in [-0.4, -0.2) is 17.1 Å². The number of nitrogens with zero attached hydrogens (tertiary/aromatic N) is 1. The fourth-order valence-electron chi connectivity index (χ4n) is 3.38. The second-order valence-electron chi connectivity index (χ2n) is 5.80. The number of hydrogen-bond acceptors (Lipinski definition) is 2. The van der Waals surface area contributed by atoms with Crippen molar-refractivity contribution in [3.8, 4) is 5.75 Å². The normalized spacial score (nSPS) is 16.0. The van der Waals surface area contributed by atoms with Crippen LogP contribution >= 0.6 is 11.6 Å². The molecule has 1 heterocycles. The Hall–Kier alpha value is -2.19. The number of hydrogen-bond donors (Lipinski definition) is 1. The first-order valence-corrected chi connectivity index (χ1v) is 7.78. The molecular formula is C19H16ClNO. The molecule has 0 atom stereocenters. The topological polar surface area (TPSA) is 23.5 Å². The van der Waals surface area contributed by atoms with E-state index in [4.69, 9.17) is 11.6 Å². The van der Waals surface area contributed by atoms with E-state index in [9.17, 15) is 5.11 Å². The summed E-state index contributed by atoms with van der Waals surface area (Å²) in [6, 6.07) is 12.1. The Morgan fingerprint density at radius 3 is 2.77 bits per heavy atom. The number of halogens is 1. The van der Waals surface area contributed by atoms with Gasteiger partial charge >= 0.3 is 0 Å². The monoisotopic (exact) mass is 309 g/mol. The van der Waals surface area contributed by atoms with Crippen LogP contribution in [0.2, 0.25) is 5.02 Å². The zero-order valence-electron chi connectivity index (χ0n) is 12.3. The largest absolute Gasteiger partial charge is 0.506 e. The summed E-state index contributed by atoms with van der Waals surface area (Å²) < 4.78 is 0. The molecule has 22 heavy (non-hydrogen) atoms. The predicted molar refractivity (Wildman–Crippen MR) is 90.7 cm³/mol. The molecule has 0 aromatic heterocycles. The van der Waals surface area contributed by atoms with Crippen molar-refractivity contribution in [3.63, 3.8) is 0 Å². The van der Waals surface area contributed by atoms with E-state index >= 15 is 0 Å². The van der Waals surface area contributed by atoms with Gasteiger partial charge in [0.1, 0.15) is 5.75 Å². The summed E-state index contributed by atoms with van der Waals surface area (Å²) in [5.74, 6) is 0.145. The highest BCUT2D eigenvalue weighted by Crippen LogP contribution is 2.43. The highest BCUT2D eigenvalue weighted by Gasteiger charge is 2.26. The first-order valence-electron chi connectivity index (χ1n) is 7.40. The van der Waals surface area contributed by atoms with E-state index < -0.39 is 0 Å². The lowest BCUT2D eigenvalue weighted by Crippen LogP contribution is -2.17. The van der Waals surface area contributed by atoms with Crippen molar-refractivity contribution < 1.29 is 5.11 Å². The van der Waals surface area contributed by atoms with Gasteiger partial charge in [-0.3, -0.25) is 0 Å². The molecular weight excluding hydrogens is 294 g/mol. The smallest absolute Gasteiger partial charge is 0.134 e. The maximum Gasteiger partial charge on any atom is 0.134 e. The van der Waals surface area contributed by atoms with Crippen molar-refractivity contribution in [1.29, 1.82) is 0 Å². The molecule has 4 rings (SSSR count). The van der Waals surface area contributed by atoms with Gasteiger partial charge in [-0.05, 0) is 53.3 Å². The lowest BCUT2D eigenvalue weighted by Gasteiger charge is -2.28. The Labute approximate surface area is 135 Å². The Balaban J connectivity index is 2.05. The third-order valence-electron chi connectivity index (χ3n) is 4.50. The third-order valence-corrected chi connectivity index (χ3v) is 4.80. The molecule has 0 fully saturated rings. The van der Waals surface area contributed by atoms with Crippen LogP contribution in [0.25, 0.3) is 11.6 Å². The van der Waals surface area contributed by atoms with E-state index in [1.165, 1.54) is 28.0 Å². The SMILES string of the molecule is CN1C=Cc2ccccc2C2=C1CCc1cc(Cl)c(O)cc12. The first-order chi connectivity index (χ1) is 10.6. The van der Waals surface area contributed by atoms with Crippen molar-refractivity contribution in [2.24, 2.45) is 0 Å². The average molecular weight is 310 g/mol. The number of phenolic OH excluding ortho intramolecular Hbond substituents is 1. The molecule has 0 spiro atoms.